The van der Waals surface area contributed by atoms with Crippen LogP contribution in [0.2, 0.25) is 0 Å². The van der Waals surface area contributed by atoms with E-state index in [9.17, 15) is 4.39 Å². The lowest BCUT2D eigenvalue weighted by atomic mass is 9.93. The van der Waals surface area contributed by atoms with E-state index in [1.165, 1.54) is 23.3 Å². The Morgan fingerprint density at radius 3 is 1.12 bits per heavy atom. The van der Waals surface area contributed by atoms with Crippen LogP contribution in [0.15, 0.2) is 103 Å². The Morgan fingerprint density at radius 1 is 0.360 bits per heavy atom. The Balaban J connectivity index is 1.90. The van der Waals surface area contributed by atoms with Crippen LogP contribution in [0, 0.1) is 5.82 Å². The third-order valence-electron chi connectivity index (χ3n) is 4.32. The lowest BCUT2D eigenvalue weighted by molar-refractivity contribution is 0.628. The van der Waals surface area contributed by atoms with Crippen molar-refractivity contribution in [2.75, 3.05) is 0 Å². The van der Waals surface area contributed by atoms with E-state index >= 15 is 0 Å². The van der Waals surface area contributed by atoms with Crippen LogP contribution in [0.25, 0.3) is 33.4 Å². The third kappa shape index (κ3) is 3.36. The highest BCUT2D eigenvalue weighted by Gasteiger charge is 2.07. The molecule has 0 atom stereocenters. The van der Waals surface area contributed by atoms with Crippen molar-refractivity contribution in [3.63, 3.8) is 0 Å². The van der Waals surface area contributed by atoms with Crippen molar-refractivity contribution in [3.8, 4) is 33.4 Å². The van der Waals surface area contributed by atoms with E-state index < -0.39 is 0 Å². The second-order valence-electron chi connectivity index (χ2n) is 6.04. The van der Waals surface area contributed by atoms with Crippen LogP contribution in [0.3, 0.4) is 0 Å². The zero-order chi connectivity index (χ0) is 17.1. The van der Waals surface area contributed by atoms with Crippen molar-refractivity contribution in [2.45, 2.75) is 0 Å². The number of benzene rings is 4. The molecule has 25 heavy (non-hydrogen) atoms. The van der Waals surface area contributed by atoms with Crippen LogP contribution in [-0.4, -0.2) is 0 Å². The fourth-order valence-corrected chi connectivity index (χ4v) is 3.03. The zero-order valence-corrected chi connectivity index (χ0v) is 13.7. The average molecular weight is 324 g/mol. The molecule has 0 unspecified atom stereocenters. The molecule has 0 saturated heterocycles. The zero-order valence-electron chi connectivity index (χ0n) is 13.7. The Bertz CT molecular complexity index is 914. The van der Waals surface area contributed by atoms with Gasteiger partial charge in [-0.2, -0.15) is 0 Å². The van der Waals surface area contributed by atoms with Crippen LogP contribution in [0.4, 0.5) is 4.39 Å². The summed E-state index contributed by atoms with van der Waals surface area (Å²) in [5.74, 6) is -0.216. The molecule has 4 rings (SSSR count). The predicted octanol–water partition coefficient (Wildman–Crippen LogP) is 6.83. The highest BCUT2D eigenvalue weighted by Crippen LogP contribution is 2.32. The van der Waals surface area contributed by atoms with Gasteiger partial charge in [-0.3, -0.25) is 0 Å². The molecule has 0 aliphatic rings. The number of hydrogen-bond donors (Lipinski definition) is 0. The summed E-state index contributed by atoms with van der Waals surface area (Å²) in [6.45, 7) is 0. The molecule has 0 bridgehead atoms. The van der Waals surface area contributed by atoms with Crippen LogP contribution >= 0.6 is 0 Å². The topological polar surface area (TPSA) is 0 Å². The molecule has 0 aromatic heterocycles. The van der Waals surface area contributed by atoms with E-state index in [1.54, 1.807) is 0 Å². The molecule has 0 aliphatic carbocycles. The summed E-state index contributed by atoms with van der Waals surface area (Å²) < 4.78 is 13.3. The summed E-state index contributed by atoms with van der Waals surface area (Å²) in [4.78, 5) is 0. The monoisotopic (exact) mass is 324 g/mol. The normalized spacial score (nSPS) is 10.6. The van der Waals surface area contributed by atoms with Crippen molar-refractivity contribution >= 4 is 0 Å². The Hall–Kier alpha value is -3.19. The maximum Gasteiger partial charge on any atom is 0.123 e. The van der Waals surface area contributed by atoms with Crippen LogP contribution in [0.1, 0.15) is 0 Å². The van der Waals surface area contributed by atoms with Gasteiger partial charge < -0.3 is 0 Å². The molecule has 120 valence electrons. The summed E-state index contributed by atoms with van der Waals surface area (Å²) in [6, 6.07) is 33.9. The smallest absolute Gasteiger partial charge is 0.123 e. The molecule has 0 nitrogen and oxygen atoms in total. The minimum Gasteiger partial charge on any atom is -0.207 e. The molecule has 0 saturated carbocycles. The Labute approximate surface area is 147 Å². The maximum absolute atomic E-state index is 13.3. The summed E-state index contributed by atoms with van der Waals surface area (Å²) >= 11 is 0. The minimum absolute atomic E-state index is 0.216. The van der Waals surface area contributed by atoms with E-state index in [1.807, 2.05) is 48.5 Å². The summed E-state index contributed by atoms with van der Waals surface area (Å²) in [6.07, 6.45) is 0. The first-order valence-corrected chi connectivity index (χ1v) is 8.31. The second-order valence-corrected chi connectivity index (χ2v) is 6.04. The molecule has 4 aromatic rings. The van der Waals surface area contributed by atoms with Crippen LogP contribution in [0.5, 0.6) is 0 Å². The van der Waals surface area contributed by atoms with E-state index in [4.69, 9.17) is 0 Å². The standard InChI is InChI=1S/C24H17F/c25-24-13-11-20(12-14-24)23-16-21(18-7-3-1-4-8-18)15-22(17-23)19-9-5-2-6-10-19/h1-17H. The summed E-state index contributed by atoms with van der Waals surface area (Å²) in [5, 5.41) is 0. The third-order valence-corrected chi connectivity index (χ3v) is 4.32. The van der Waals surface area contributed by atoms with Crippen molar-refractivity contribution < 1.29 is 4.39 Å². The van der Waals surface area contributed by atoms with Gasteiger partial charge in [0, 0.05) is 0 Å². The van der Waals surface area contributed by atoms with Gasteiger partial charge in [0.15, 0.2) is 0 Å². The molecule has 1 heteroatoms. The summed E-state index contributed by atoms with van der Waals surface area (Å²) in [5.41, 5.74) is 6.74. The highest BCUT2D eigenvalue weighted by molar-refractivity contribution is 5.81. The van der Waals surface area contributed by atoms with Crippen molar-refractivity contribution in [1.29, 1.82) is 0 Å². The van der Waals surface area contributed by atoms with E-state index in [-0.39, 0.29) is 5.82 Å². The first kappa shape index (κ1) is 15.3. The molecule has 0 heterocycles. The van der Waals surface area contributed by atoms with E-state index in [0.29, 0.717) is 0 Å². The molecule has 0 aliphatic heterocycles. The van der Waals surface area contributed by atoms with Crippen molar-refractivity contribution in [3.05, 3.63) is 109 Å². The van der Waals surface area contributed by atoms with Gasteiger partial charge in [0.25, 0.3) is 0 Å². The SMILES string of the molecule is Fc1ccc(-c2cc(-c3ccccc3)cc(-c3ccccc3)c2)cc1. The fourth-order valence-electron chi connectivity index (χ4n) is 3.03. The molecule has 0 amide bonds. The molecule has 0 fully saturated rings. The first-order valence-electron chi connectivity index (χ1n) is 8.31. The lowest BCUT2D eigenvalue weighted by Gasteiger charge is -2.11. The molecule has 0 N–H and O–H groups in total. The fraction of sp³-hybridized carbons (Fsp3) is 0. The molecule has 0 radical (unpaired) electrons. The van der Waals surface area contributed by atoms with Crippen molar-refractivity contribution in [1.82, 2.24) is 0 Å². The Morgan fingerprint density at radius 2 is 0.720 bits per heavy atom. The largest absolute Gasteiger partial charge is 0.207 e. The summed E-state index contributed by atoms with van der Waals surface area (Å²) in [7, 11) is 0. The van der Waals surface area contributed by atoms with Crippen molar-refractivity contribution in [2.24, 2.45) is 0 Å². The lowest BCUT2D eigenvalue weighted by Crippen LogP contribution is -1.86. The quantitative estimate of drug-likeness (QED) is 0.387. The number of hydrogen-bond acceptors (Lipinski definition) is 0. The molecule has 4 aromatic carbocycles. The molecular formula is C24H17F. The first-order chi connectivity index (χ1) is 12.3. The van der Waals surface area contributed by atoms with Crippen LogP contribution < -0.4 is 0 Å². The molecule has 0 spiro atoms. The van der Waals surface area contributed by atoms with Gasteiger partial charge in [-0.1, -0.05) is 72.8 Å². The maximum atomic E-state index is 13.3. The van der Waals surface area contributed by atoms with E-state index in [0.717, 1.165) is 22.3 Å². The minimum atomic E-state index is -0.216. The van der Waals surface area contributed by atoms with Gasteiger partial charge in [0.05, 0.1) is 0 Å². The number of rotatable bonds is 3. The van der Waals surface area contributed by atoms with Gasteiger partial charge in [0.1, 0.15) is 5.82 Å². The second kappa shape index (κ2) is 6.74. The van der Waals surface area contributed by atoms with E-state index in [2.05, 4.69) is 42.5 Å². The highest BCUT2D eigenvalue weighted by atomic mass is 19.1. The number of halogens is 1. The molecular weight excluding hydrogens is 307 g/mol. The van der Waals surface area contributed by atoms with Gasteiger partial charge >= 0.3 is 0 Å². The van der Waals surface area contributed by atoms with Gasteiger partial charge in [0.2, 0.25) is 0 Å². The average Bonchev–Trinajstić information content (AvgIpc) is 2.69. The predicted molar refractivity (Wildman–Crippen MR) is 103 cm³/mol. The van der Waals surface area contributed by atoms with Gasteiger partial charge in [-0.05, 0) is 63.7 Å². The van der Waals surface area contributed by atoms with Gasteiger partial charge in [-0.25, -0.2) is 4.39 Å². The van der Waals surface area contributed by atoms with Crippen LogP contribution in [-0.2, 0) is 0 Å². The van der Waals surface area contributed by atoms with Gasteiger partial charge in [-0.15, -0.1) is 0 Å². The Kier molecular flexibility index (Phi) is 4.14.